The second kappa shape index (κ2) is 4.86. The Balaban J connectivity index is 2.19. The largest absolute Gasteiger partial charge is 0.398 e. The molecule has 4 rings (SSSR count). The summed E-state index contributed by atoms with van der Waals surface area (Å²) in [7, 11) is 0. The van der Waals surface area contributed by atoms with Crippen molar-refractivity contribution in [3.05, 3.63) is 64.5 Å². The molecule has 2 N–H and O–H groups in total. The average Bonchev–Trinajstić information content (AvgIpc) is 2.83. The zero-order valence-electron chi connectivity index (χ0n) is 11.1. The van der Waals surface area contributed by atoms with Crippen LogP contribution in [0.1, 0.15) is 0 Å². The zero-order chi connectivity index (χ0) is 14.4. The van der Waals surface area contributed by atoms with Crippen LogP contribution in [0.25, 0.3) is 32.0 Å². The van der Waals surface area contributed by atoms with Crippen molar-refractivity contribution in [2.45, 2.75) is 0 Å². The Morgan fingerprint density at radius 1 is 0.762 bits per heavy atom. The molecule has 0 atom stereocenters. The first-order chi connectivity index (χ1) is 10.3. The van der Waals surface area contributed by atoms with E-state index in [1.165, 1.54) is 26.4 Å². The number of anilines is 1. The number of fused-ring (bicyclic) bond motifs is 2. The van der Waals surface area contributed by atoms with Crippen molar-refractivity contribution in [1.82, 2.24) is 0 Å². The molecule has 0 aliphatic heterocycles. The Kier molecular flexibility index (Phi) is 2.98. The van der Waals surface area contributed by atoms with Gasteiger partial charge in [-0.15, -0.1) is 11.3 Å². The highest BCUT2D eigenvalue weighted by atomic mass is 79.9. The first-order valence-corrected chi connectivity index (χ1v) is 8.31. The summed E-state index contributed by atoms with van der Waals surface area (Å²) in [6, 6.07) is 20.9. The summed E-state index contributed by atoms with van der Waals surface area (Å²) in [6.07, 6.45) is 0. The van der Waals surface area contributed by atoms with Gasteiger partial charge in [0.2, 0.25) is 0 Å². The molecule has 4 aromatic rings. The van der Waals surface area contributed by atoms with Crippen LogP contribution in [0.15, 0.2) is 64.5 Å². The number of hydrogen-bond acceptors (Lipinski definition) is 2. The van der Waals surface area contributed by atoms with Crippen LogP contribution in [0.3, 0.4) is 0 Å². The second-order valence-electron chi connectivity index (χ2n) is 5.00. The first-order valence-electron chi connectivity index (χ1n) is 6.70. The summed E-state index contributed by atoms with van der Waals surface area (Å²) < 4.78 is 2.40. The monoisotopic (exact) mass is 353 g/mol. The third-order valence-corrected chi connectivity index (χ3v) is 5.61. The van der Waals surface area contributed by atoms with E-state index in [4.69, 9.17) is 5.73 Å². The molecular weight excluding hydrogens is 342 g/mol. The molecular formula is C18H12BrNS. The molecule has 0 saturated carbocycles. The van der Waals surface area contributed by atoms with Crippen molar-refractivity contribution in [1.29, 1.82) is 0 Å². The standard InChI is InChI=1S/C18H12BrNS/c19-18-17(13-7-3-4-8-15(13)21-18)16-12-6-2-1-5-11(12)9-10-14(16)20/h1-10H,20H2. The smallest absolute Gasteiger partial charge is 0.0790 e. The molecule has 1 heterocycles. The molecule has 0 aliphatic carbocycles. The van der Waals surface area contributed by atoms with Crippen molar-refractivity contribution < 1.29 is 0 Å². The summed E-state index contributed by atoms with van der Waals surface area (Å²) in [5.74, 6) is 0. The number of thiophene rings is 1. The second-order valence-corrected chi connectivity index (χ2v) is 7.37. The molecule has 0 spiro atoms. The molecule has 21 heavy (non-hydrogen) atoms. The topological polar surface area (TPSA) is 26.0 Å². The van der Waals surface area contributed by atoms with Gasteiger partial charge in [0.15, 0.2) is 0 Å². The number of halogens is 1. The predicted molar refractivity (Wildman–Crippen MR) is 96.9 cm³/mol. The summed E-state index contributed by atoms with van der Waals surface area (Å²) in [6.45, 7) is 0. The van der Waals surface area contributed by atoms with Crippen molar-refractivity contribution in [2.24, 2.45) is 0 Å². The van der Waals surface area contributed by atoms with Gasteiger partial charge in [0.1, 0.15) is 0 Å². The summed E-state index contributed by atoms with van der Waals surface area (Å²) in [5, 5.41) is 3.66. The van der Waals surface area contributed by atoms with Crippen LogP contribution >= 0.6 is 27.3 Å². The SMILES string of the molecule is Nc1ccc2ccccc2c1-c1c(Br)sc2ccccc12. The minimum Gasteiger partial charge on any atom is -0.398 e. The maximum Gasteiger partial charge on any atom is 0.0790 e. The molecule has 3 aromatic carbocycles. The lowest BCUT2D eigenvalue weighted by molar-refractivity contribution is 1.70. The van der Waals surface area contributed by atoms with E-state index in [-0.39, 0.29) is 0 Å². The summed E-state index contributed by atoms with van der Waals surface area (Å²) >= 11 is 5.48. The molecule has 1 nitrogen and oxygen atoms in total. The fraction of sp³-hybridized carbons (Fsp3) is 0. The van der Waals surface area contributed by atoms with E-state index in [0.29, 0.717) is 0 Å². The van der Waals surface area contributed by atoms with Gasteiger partial charge in [-0.2, -0.15) is 0 Å². The maximum atomic E-state index is 6.32. The zero-order valence-corrected chi connectivity index (χ0v) is 13.5. The molecule has 0 aliphatic rings. The van der Waals surface area contributed by atoms with Crippen LogP contribution in [-0.2, 0) is 0 Å². The van der Waals surface area contributed by atoms with Gasteiger partial charge < -0.3 is 5.73 Å². The predicted octanol–water partition coefficient (Wildman–Crippen LogP) is 6.07. The molecule has 1 aromatic heterocycles. The number of nitrogen functional groups attached to an aromatic ring is 1. The fourth-order valence-corrected chi connectivity index (χ4v) is 4.68. The van der Waals surface area contributed by atoms with Crippen LogP contribution < -0.4 is 5.73 Å². The van der Waals surface area contributed by atoms with Crippen molar-refractivity contribution >= 4 is 53.8 Å². The van der Waals surface area contributed by atoms with Gasteiger partial charge in [0.25, 0.3) is 0 Å². The minimum atomic E-state index is 0.818. The molecule has 0 radical (unpaired) electrons. The van der Waals surface area contributed by atoms with E-state index in [2.05, 4.69) is 70.5 Å². The minimum absolute atomic E-state index is 0.818. The first kappa shape index (κ1) is 12.9. The number of benzene rings is 3. The van der Waals surface area contributed by atoms with Crippen molar-refractivity contribution in [3.8, 4) is 11.1 Å². The Morgan fingerprint density at radius 3 is 2.33 bits per heavy atom. The van der Waals surface area contributed by atoms with Gasteiger partial charge in [-0.3, -0.25) is 0 Å². The Bertz CT molecular complexity index is 971. The van der Waals surface area contributed by atoms with E-state index < -0.39 is 0 Å². The maximum absolute atomic E-state index is 6.32. The van der Waals surface area contributed by atoms with E-state index in [1.807, 2.05) is 6.07 Å². The summed E-state index contributed by atoms with van der Waals surface area (Å²) in [4.78, 5) is 0. The highest BCUT2D eigenvalue weighted by Crippen LogP contribution is 2.46. The van der Waals surface area contributed by atoms with Crippen LogP contribution in [-0.4, -0.2) is 0 Å². The molecule has 0 bridgehead atoms. The normalized spacial score (nSPS) is 11.3. The summed E-state index contributed by atoms with van der Waals surface area (Å²) in [5.41, 5.74) is 9.46. The average molecular weight is 354 g/mol. The lowest BCUT2D eigenvalue weighted by Crippen LogP contribution is -1.91. The van der Waals surface area contributed by atoms with E-state index in [1.54, 1.807) is 11.3 Å². The third-order valence-electron chi connectivity index (χ3n) is 3.76. The molecule has 0 amide bonds. The van der Waals surface area contributed by atoms with Gasteiger partial charge in [-0.05, 0) is 38.8 Å². The lowest BCUT2D eigenvalue weighted by atomic mass is 9.96. The molecule has 0 saturated heterocycles. The Hall–Kier alpha value is -1.84. The van der Waals surface area contributed by atoms with E-state index in [9.17, 15) is 0 Å². The molecule has 0 unspecified atom stereocenters. The number of nitrogens with two attached hydrogens (primary N) is 1. The Labute approximate surface area is 135 Å². The number of rotatable bonds is 1. The van der Waals surface area contributed by atoms with Crippen molar-refractivity contribution in [2.75, 3.05) is 5.73 Å². The fourth-order valence-electron chi connectivity index (χ4n) is 2.82. The van der Waals surface area contributed by atoms with Gasteiger partial charge in [0.05, 0.1) is 3.79 Å². The van der Waals surface area contributed by atoms with Gasteiger partial charge in [-0.25, -0.2) is 0 Å². The third kappa shape index (κ3) is 1.96. The molecule has 102 valence electrons. The lowest BCUT2D eigenvalue weighted by Gasteiger charge is -2.10. The highest BCUT2D eigenvalue weighted by molar-refractivity contribution is 9.11. The van der Waals surface area contributed by atoms with Gasteiger partial charge in [0, 0.05) is 26.9 Å². The van der Waals surface area contributed by atoms with Crippen LogP contribution in [0, 0.1) is 0 Å². The highest BCUT2D eigenvalue weighted by Gasteiger charge is 2.16. The van der Waals surface area contributed by atoms with Gasteiger partial charge in [-0.1, -0.05) is 48.5 Å². The van der Waals surface area contributed by atoms with Crippen LogP contribution in [0.5, 0.6) is 0 Å². The van der Waals surface area contributed by atoms with Gasteiger partial charge >= 0.3 is 0 Å². The quantitative estimate of drug-likeness (QED) is 0.413. The number of hydrogen-bond donors (Lipinski definition) is 1. The Morgan fingerprint density at radius 2 is 1.48 bits per heavy atom. The van der Waals surface area contributed by atoms with Crippen LogP contribution in [0.2, 0.25) is 0 Å². The van der Waals surface area contributed by atoms with Crippen molar-refractivity contribution in [3.63, 3.8) is 0 Å². The van der Waals surface area contributed by atoms with Crippen LogP contribution in [0.4, 0.5) is 5.69 Å². The molecule has 3 heteroatoms. The van der Waals surface area contributed by atoms with E-state index in [0.717, 1.165) is 15.0 Å². The van der Waals surface area contributed by atoms with E-state index >= 15 is 0 Å². The molecule has 0 fully saturated rings.